The van der Waals surface area contributed by atoms with Crippen molar-refractivity contribution in [3.05, 3.63) is 56.5 Å². The predicted octanol–water partition coefficient (Wildman–Crippen LogP) is 6.58. The Bertz CT molecular complexity index is 1050. The van der Waals surface area contributed by atoms with Crippen molar-refractivity contribution in [1.82, 2.24) is 4.90 Å². The van der Waals surface area contributed by atoms with Gasteiger partial charge in [0, 0.05) is 6.04 Å². The third-order valence-corrected chi connectivity index (χ3v) is 7.67. The molecule has 2 fully saturated rings. The summed E-state index contributed by atoms with van der Waals surface area (Å²) in [7, 11) is 0. The third kappa shape index (κ3) is 4.98. The molecule has 32 heavy (non-hydrogen) atoms. The first-order valence-corrected chi connectivity index (χ1v) is 12.9. The number of hydrogen-bond donors (Lipinski definition) is 1. The number of amides is 1. The Morgan fingerprint density at radius 1 is 1.25 bits per heavy atom. The number of carbonyl (C=O) groups is 1. The molecule has 1 N–H and O–H groups in total. The molecular formula is C25H27IN2O3S. The van der Waals surface area contributed by atoms with Crippen molar-refractivity contribution >= 4 is 57.2 Å². The van der Waals surface area contributed by atoms with Gasteiger partial charge in [-0.25, -0.2) is 4.99 Å². The summed E-state index contributed by atoms with van der Waals surface area (Å²) in [5, 5.41) is 11.0. The van der Waals surface area contributed by atoms with Crippen LogP contribution in [-0.2, 0) is 4.79 Å². The van der Waals surface area contributed by atoms with Gasteiger partial charge in [-0.3, -0.25) is 9.69 Å². The number of aromatic hydroxyl groups is 1. The molecule has 1 heterocycles. The zero-order valence-corrected chi connectivity index (χ0v) is 21.2. The van der Waals surface area contributed by atoms with E-state index in [9.17, 15) is 9.90 Å². The molecule has 0 spiro atoms. The van der Waals surface area contributed by atoms with Crippen LogP contribution < -0.4 is 4.74 Å². The Morgan fingerprint density at radius 2 is 2.00 bits per heavy atom. The van der Waals surface area contributed by atoms with E-state index in [0.29, 0.717) is 26.7 Å². The van der Waals surface area contributed by atoms with Crippen LogP contribution >= 0.6 is 34.4 Å². The lowest BCUT2D eigenvalue weighted by molar-refractivity contribution is -0.124. The fraction of sp³-hybridized carbons (Fsp3) is 0.360. The van der Waals surface area contributed by atoms with Crippen molar-refractivity contribution in [3.8, 4) is 11.5 Å². The molecule has 0 unspecified atom stereocenters. The number of thioether (sulfide) groups is 1. The smallest absolute Gasteiger partial charge is 0.267 e. The SMILES string of the molecule is CCOc1cc(/C=C2\SC(=Nc3ccccc3)N([C@@H]3CCCC[C@@H]3C)C2=O)cc(I)c1O. The minimum absolute atomic E-state index is 0.00414. The molecule has 2 atom stereocenters. The standard InChI is InChI=1S/C25H27IN2O3S/c1-3-31-21-14-17(13-19(26)23(21)29)15-22-24(30)28(20-12-8-7-9-16(20)2)25(32-22)27-18-10-5-4-6-11-18/h4-6,10-11,13-16,20,29H,3,7-9,12H2,1-2H3/b22-15-,27-25?/t16-,20+/m0/s1. The van der Waals surface area contributed by atoms with E-state index in [1.165, 1.54) is 18.2 Å². The number of hydrogen-bond acceptors (Lipinski definition) is 5. The molecule has 5 nitrogen and oxygen atoms in total. The number of phenolic OH excluding ortho intramolecular Hbond substituents is 1. The van der Waals surface area contributed by atoms with Crippen LogP contribution in [0.3, 0.4) is 0 Å². The Kier molecular flexibility index (Phi) is 7.45. The number of carbonyl (C=O) groups excluding carboxylic acids is 1. The van der Waals surface area contributed by atoms with E-state index in [4.69, 9.17) is 9.73 Å². The molecule has 1 amide bonds. The minimum Gasteiger partial charge on any atom is -0.504 e. The van der Waals surface area contributed by atoms with Crippen LogP contribution in [0.2, 0.25) is 0 Å². The Balaban J connectivity index is 1.73. The summed E-state index contributed by atoms with van der Waals surface area (Å²) >= 11 is 3.51. The van der Waals surface area contributed by atoms with Crippen LogP contribution in [0.25, 0.3) is 6.08 Å². The number of aliphatic imine (C=N–C) groups is 1. The van der Waals surface area contributed by atoms with E-state index in [1.807, 2.05) is 54.3 Å². The fourth-order valence-corrected chi connectivity index (χ4v) is 5.91. The molecule has 7 heteroatoms. The van der Waals surface area contributed by atoms with Gasteiger partial charge >= 0.3 is 0 Å². The lowest BCUT2D eigenvalue weighted by Gasteiger charge is -2.35. The first kappa shape index (κ1) is 23.2. The summed E-state index contributed by atoms with van der Waals surface area (Å²) in [6.45, 7) is 4.57. The molecule has 1 saturated carbocycles. The zero-order valence-electron chi connectivity index (χ0n) is 18.3. The van der Waals surface area contributed by atoms with E-state index in [0.717, 1.165) is 35.7 Å². The molecule has 0 bridgehead atoms. The Labute approximate surface area is 207 Å². The Hall–Kier alpha value is -2.00. The van der Waals surface area contributed by atoms with Crippen LogP contribution in [0.4, 0.5) is 5.69 Å². The fourth-order valence-electron chi connectivity index (χ4n) is 4.24. The molecule has 1 saturated heterocycles. The number of ether oxygens (including phenoxy) is 1. The van der Waals surface area contributed by atoms with Crippen molar-refractivity contribution in [2.75, 3.05) is 6.61 Å². The van der Waals surface area contributed by atoms with E-state index < -0.39 is 0 Å². The largest absolute Gasteiger partial charge is 0.504 e. The lowest BCUT2D eigenvalue weighted by Crippen LogP contribution is -2.44. The minimum atomic E-state index is 0.00414. The van der Waals surface area contributed by atoms with Gasteiger partial charge in [0.25, 0.3) is 5.91 Å². The normalized spacial score (nSPS) is 23.8. The van der Waals surface area contributed by atoms with Crippen LogP contribution in [0.1, 0.15) is 45.1 Å². The van der Waals surface area contributed by atoms with Gasteiger partial charge in [0.15, 0.2) is 16.7 Å². The average molecular weight is 562 g/mol. The average Bonchev–Trinajstić information content (AvgIpc) is 3.07. The van der Waals surface area contributed by atoms with Crippen LogP contribution in [-0.4, -0.2) is 33.7 Å². The predicted molar refractivity (Wildman–Crippen MR) is 139 cm³/mol. The van der Waals surface area contributed by atoms with Gasteiger partial charge in [-0.05, 0) is 95.9 Å². The second kappa shape index (κ2) is 10.3. The molecular weight excluding hydrogens is 535 g/mol. The molecule has 0 aromatic heterocycles. The zero-order chi connectivity index (χ0) is 22.7. The van der Waals surface area contributed by atoms with E-state index in [-0.39, 0.29) is 17.7 Å². The van der Waals surface area contributed by atoms with Gasteiger partial charge in [0.05, 0.1) is 20.8 Å². The summed E-state index contributed by atoms with van der Waals surface area (Å²) in [4.78, 5) is 21.0. The van der Waals surface area contributed by atoms with Crippen molar-refractivity contribution in [2.45, 2.75) is 45.6 Å². The lowest BCUT2D eigenvalue weighted by atomic mass is 9.85. The second-order valence-corrected chi connectivity index (χ2v) is 10.3. The van der Waals surface area contributed by atoms with Gasteiger partial charge in [0.1, 0.15) is 0 Å². The van der Waals surface area contributed by atoms with Crippen molar-refractivity contribution < 1.29 is 14.6 Å². The molecule has 0 radical (unpaired) electrons. The van der Waals surface area contributed by atoms with E-state index in [2.05, 4.69) is 29.5 Å². The number of rotatable bonds is 5. The van der Waals surface area contributed by atoms with Crippen LogP contribution in [0.5, 0.6) is 11.5 Å². The number of phenols is 1. The summed E-state index contributed by atoms with van der Waals surface area (Å²) in [5.74, 6) is 0.999. The van der Waals surface area contributed by atoms with Crippen molar-refractivity contribution in [3.63, 3.8) is 0 Å². The van der Waals surface area contributed by atoms with Crippen molar-refractivity contribution in [1.29, 1.82) is 0 Å². The summed E-state index contributed by atoms with van der Waals surface area (Å²) in [6, 6.07) is 13.6. The molecule has 1 aliphatic carbocycles. The molecule has 2 aliphatic rings. The third-order valence-electron chi connectivity index (χ3n) is 5.86. The molecule has 2 aromatic rings. The first-order valence-electron chi connectivity index (χ1n) is 11.0. The highest BCUT2D eigenvalue weighted by Gasteiger charge is 2.41. The molecule has 168 valence electrons. The van der Waals surface area contributed by atoms with E-state index >= 15 is 0 Å². The number of para-hydroxylation sites is 1. The Morgan fingerprint density at radius 3 is 2.72 bits per heavy atom. The van der Waals surface area contributed by atoms with Gasteiger partial charge < -0.3 is 9.84 Å². The maximum absolute atomic E-state index is 13.6. The highest BCUT2D eigenvalue weighted by molar-refractivity contribution is 14.1. The highest BCUT2D eigenvalue weighted by Crippen LogP contribution is 2.41. The number of nitrogens with zero attached hydrogens (tertiary/aromatic N) is 2. The van der Waals surface area contributed by atoms with Gasteiger partial charge in [-0.15, -0.1) is 0 Å². The second-order valence-electron chi connectivity index (χ2n) is 8.13. The molecule has 2 aromatic carbocycles. The van der Waals surface area contributed by atoms with Crippen LogP contribution in [0.15, 0.2) is 52.4 Å². The topological polar surface area (TPSA) is 62.1 Å². The summed E-state index contributed by atoms with van der Waals surface area (Å²) < 4.78 is 6.26. The molecule has 4 rings (SSSR count). The number of benzene rings is 2. The monoisotopic (exact) mass is 562 g/mol. The maximum Gasteiger partial charge on any atom is 0.267 e. The van der Waals surface area contributed by atoms with Crippen LogP contribution in [0, 0.1) is 9.49 Å². The molecule has 1 aliphatic heterocycles. The van der Waals surface area contributed by atoms with Gasteiger partial charge in [-0.1, -0.05) is 38.0 Å². The van der Waals surface area contributed by atoms with Gasteiger partial charge in [-0.2, -0.15) is 0 Å². The summed E-state index contributed by atoms with van der Waals surface area (Å²) in [6.07, 6.45) is 6.36. The van der Waals surface area contributed by atoms with E-state index in [1.54, 1.807) is 6.07 Å². The first-order chi connectivity index (χ1) is 15.5. The van der Waals surface area contributed by atoms with Crippen molar-refractivity contribution in [2.24, 2.45) is 10.9 Å². The highest BCUT2D eigenvalue weighted by atomic mass is 127. The summed E-state index contributed by atoms with van der Waals surface area (Å²) in [5.41, 5.74) is 1.67. The number of amidine groups is 1. The van der Waals surface area contributed by atoms with Gasteiger partial charge in [0.2, 0.25) is 0 Å². The number of halogens is 1. The quantitative estimate of drug-likeness (QED) is 0.331. The maximum atomic E-state index is 13.6.